The Morgan fingerprint density at radius 3 is 2.44 bits per heavy atom. The summed E-state index contributed by atoms with van der Waals surface area (Å²) in [5, 5.41) is 4.82. The van der Waals surface area contributed by atoms with Gasteiger partial charge in [0.25, 0.3) is 0 Å². The van der Waals surface area contributed by atoms with E-state index in [1.54, 1.807) is 12.1 Å². The molecule has 0 radical (unpaired) electrons. The van der Waals surface area contributed by atoms with Crippen molar-refractivity contribution < 1.29 is 9.13 Å². The molecule has 0 aliphatic carbocycles. The lowest BCUT2D eigenvalue weighted by molar-refractivity contribution is 0.0967. The molecule has 1 atom stereocenters. The molecule has 2 aromatic carbocycles. The van der Waals surface area contributed by atoms with Crippen molar-refractivity contribution >= 4 is 17.9 Å². The number of anilines is 1. The molecule has 0 amide bonds. The van der Waals surface area contributed by atoms with Gasteiger partial charge in [-0.3, -0.25) is 9.47 Å². The van der Waals surface area contributed by atoms with E-state index in [1.807, 2.05) is 23.3 Å². The number of aromatic nitrogens is 3. The van der Waals surface area contributed by atoms with Gasteiger partial charge in [0.05, 0.1) is 19.3 Å². The maximum absolute atomic E-state index is 13.5. The summed E-state index contributed by atoms with van der Waals surface area (Å²) in [6.45, 7) is 2.77. The number of benzene rings is 2. The van der Waals surface area contributed by atoms with E-state index in [9.17, 15) is 4.39 Å². The van der Waals surface area contributed by atoms with Crippen LogP contribution in [0, 0.1) is 10.6 Å². The van der Waals surface area contributed by atoms with Gasteiger partial charge in [-0.25, -0.2) is 9.07 Å². The number of hydrogen-bond acceptors (Lipinski definition) is 5. The first kappa shape index (κ1) is 22.6. The minimum Gasteiger partial charge on any atom is -0.378 e. The van der Waals surface area contributed by atoms with Crippen molar-refractivity contribution in [3.63, 3.8) is 0 Å². The first-order valence-electron chi connectivity index (χ1n) is 10.9. The van der Waals surface area contributed by atoms with E-state index in [1.165, 1.54) is 23.4 Å². The molecule has 0 bridgehead atoms. The van der Waals surface area contributed by atoms with E-state index in [4.69, 9.17) is 22.1 Å². The van der Waals surface area contributed by atoms with Crippen LogP contribution in [0.5, 0.6) is 0 Å². The third kappa shape index (κ3) is 5.26. The number of hydrogen-bond donors (Lipinski definition) is 0. The molecule has 1 aromatic heterocycles. The second kappa shape index (κ2) is 9.94. The van der Waals surface area contributed by atoms with Crippen LogP contribution in [0.25, 0.3) is 11.4 Å². The highest BCUT2D eigenvalue weighted by atomic mass is 32.1. The molecule has 0 saturated carbocycles. The van der Waals surface area contributed by atoms with Gasteiger partial charge in [-0.05, 0) is 74.1 Å². The molecule has 170 valence electrons. The van der Waals surface area contributed by atoms with Crippen molar-refractivity contribution in [2.24, 2.45) is 0 Å². The van der Waals surface area contributed by atoms with E-state index >= 15 is 0 Å². The lowest BCUT2D eigenvalue weighted by Gasteiger charge is -2.18. The second-order valence-corrected chi connectivity index (χ2v) is 8.94. The Kier molecular flexibility index (Phi) is 7.03. The van der Waals surface area contributed by atoms with Crippen LogP contribution in [0.4, 0.5) is 10.1 Å². The summed E-state index contributed by atoms with van der Waals surface area (Å²) in [4.78, 5) is 4.27. The Hall–Kier alpha value is -2.55. The topological polar surface area (TPSA) is 38.5 Å². The summed E-state index contributed by atoms with van der Waals surface area (Å²) >= 11 is 5.80. The zero-order valence-corrected chi connectivity index (χ0v) is 19.7. The van der Waals surface area contributed by atoms with Gasteiger partial charge in [-0.1, -0.05) is 12.1 Å². The highest BCUT2D eigenvalue weighted by Crippen LogP contribution is 2.23. The van der Waals surface area contributed by atoms with Gasteiger partial charge in [0, 0.05) is 38.5 Å². The van der Waals surface area contributed by atoms with Gasteiger partial charge in [0.15, 0.2) is 10.6 Å². The molecule has 2 heterocycles. The zero-order chi connectivity index (χ0) is 22.7. The molecule has 1 aliphatic rings. The van der Waals surface area contributed by atoms with Gasteiger partial charge < -0.3 is 9.64 Å². The molecule has 1 aliphatic heterocycles. The minimum atomic E-state index is -0.266. The van der Waals surface area contributed by atoms with E-state index in [-0.39, 0.29) is 11.9 Å². The molecule has 1 fully saturated rings. The van der Waals surface area contributed by atoms with Gasteiger partial charge in [0.2, 0.25) is 0 Å². The molecule has 6 nitrogen and oxygen atoms in total. The Balaban J connectivity index is 1.56. The predicted molar refractivity (Wildman–Crippen MR) is 128 cm³/mol. The maximum Gasteiger partial charge on any atom is 0.199 e. The van der Waals surface area contributed by atoms with Gasteiger partial charge >= 0.3 is 0 Å². The minimum absolute atomic E-state index is 0.131. The van der Waals surface area contributed by atoms with Gasteiger partial charge in [-0.15, -0.1) is 0 Å². The lowest BCUT2D eigenvalue weighted by Crippen LogP contribution is -2.23. The van der Waals surface area contributed by atoms with Crippen molar-refractivity contribution in [2.75, 3.05) is 32.6 Å². The van der Waals surface area contributed by atoms with E-state index in [0.29, 0.717) is 18.0 Å². The number of nitrogens with zero attached hydrogens (tertiary/aromatic N) is 5. The predicted octanol–water partition coefficient (Wildman–Crippen LogP) is 4.55. The fourth-order valence-electron chi connectivity index (χ4n) is 3.99. The largest absolute Gasteiger partial charge is 0.378 e. The Labute approximate surface area is 193 Å². The SMILES string of the molecule is CN(Cc1ccc(N(C)C)cc1)Cn1nc(-c2ccc(F)cc2)n(CC2CCCO2)c1=S. The van der Waals surface area contributed by atoms with Crippen LogP contribution in [0.1, 0.15) is 18.4 Å². The van der Waals surface area contributed by atoms with Crippen molar-refractivity contribution in [1.29, 1.82) is 0 Å². The molecule has 1 unspecified atom stereocenters. The molecule has 1 saturated heterocycles. The average Bonchev–Trinajstić information content (AvgIpc) is 3.39. The highest BCUT2D eigenvalue weighted by molar-refractivity contribution is 7.71. The van der Waals surface area contributed by atoms with Crippen LogP contribution >= 0.6 is 12.2 Å². The van der Waals surface area contributed by atoms with Crippen LogP contribution in [-0.4, -0.2) is 53.1 Å². The molecule has 32 heavy (non-hydrogen) atoms. The Bertz CT molecular complexity index is 1090. The van der Waals surface area contributed by atoms with Gasteiger partial charge in [0.1, 0.15) is 5.82 Å². The van der Waals surface area contributed by atoms with Crippen LogP contribution in [0.15, 0.2) is 48.5 Å². The van der Waals surface area contributed by atoms with Crippen LogP contribution in [0.3, 0.4) is 0 Å². The van der Waals surface area contributed by atoms with Gasteiger partial charge in [-0.2, -0.15) is 5.10 Å². The van der Waals surface area contributed by atoms with Crippen molar-refractivity contribution in [2.45, 2.75) is 38.7 Å². The molecule has 8 heteroatoms. The number of ether oxygens (including phenoxy) is 1. The van der Waals surface area contributed by atoms with E-state index in [0.717, 1.165) is 37.4 Å². The summed E-state index contributed by atoms with van der Waals surface area (Å²) in [7, 11) is 6.13. The van der Waals surface area contributed by atoms with E-state index < -0.39 is 0 Å². The molecule has 4 rings (SSSR count). The molecule has 0 spiro atoms. The first-order valence-corrected chi connectivity index (χ1v) is 11.3. The Morgan fingerprint density at radius 1 is 1.09 bits per heavy atom. The fraction of sp³-hybridized carbons (Fsp3) is 0.417. The monoisotopic (exact) mass is 455 g/mol. The quantitative estimate of drug-likeness (QED) is 0.466. The second-order valence-electron chi connectivity index (χ2n) is 8.57. The number of halogens is 1. The highest BCUT2D eigenvalue weighted by Gasteiger charge is 2.21. The van der Waals surface area contributed by atoms with Crippen molar-refractivity contribution in [3.05, 3.63) is 64.7 Å². The average molecular weight is 456 g/mol. The van der Waals surface area contributed by atoms with Crippen molar-refractivity contribution in [1.82, 2.24) is 19.2 Å². The number of rotatable bonds is 8. The molecular weight excluding hydrogens is 425 g/mol. The van der Waals surface area contributed by atoms with Crippen molar-refractivity contribution in [3.8, 4) is 11.4 Å². The normalized spacial score (nSPS) is 16.1. The molecule has 0 N–H and O–H groups in total. The molecular formula is C24H30FN5OS. The summed E-state index contributed by atoms with van der Waals surface area (Å²) in [6, 6.07) is 14.9. The van der Waals surface area contributed by atoms with Crippen LogP contribution in [0.2, 0.25) is 0 Å². The lowest BCUT2D eigenvalue weighted by atomic mass is 10.2. The smallest absolute Gasteiger partial charge is 0.199 e. The zero-order valence-electron chi connectivity index (χ0n) is 18.9. The third-order valence-electron chi connectivity index (χ3n) is 5.72. The molecule has 3 aromatic rings. The summed E-state index contributed by atoms with van der Waals surface area (Å²) in [5.41, 5.74) is 3.24. The standard InChI is InChI=1S/C24H30FN5OS/c1-27(2)21-12-6-18(7-13-21)15-28(3)17-30-24(32)29(16-22-5-4-14-31-22)23(26-30)19-8-10-20(25)11-9-19/h6-13,22H,4-5,14-17H2,1-3H3. The summed E-state index contributed by atoms with van der Waals surface area (Å²) in [6.07, 6.45) is 2.21. The van der Waals surface area contributed by atoms with Crippen LogP contribution < -0.4 is 4.90 Å². The van der Waals surface area contributed by atoms with E-state index in [2.05, 4.69) is 41.1 Å². The summed E-state index contributed by atoms with van der Waals surface area (Å²) < 4.78 is 23.8. The summed E-state index contributed by atoms with van der Waals surface area (Å²) in [5.74, 6) is 0.478. The maximum atomic E-state index is 13.5. The fourth-order valence-corrected chi connectivity index (χ4v) is 4.25. The Morgan fingerprint density at radius 2 is 1.81 bits per heavy atom. The first-order chi connectivity index (χ1) is 15.4. The van der Waals surface area contributed by atoms with Crippen LogP contribution in [-0.2, 0) is 24.5 Å². The third-order valence-corrected chi connectivity index (χ3v) is 6.15.